The number of hydrogen-bond donors (Lipinski definition) is 1. The fourth-order valence-corrected chi connectivity index (χ4v) is 3.39. The smallest absolute Gasteiger partial charge is 0.259 e. The molecule has 136 valence electrons. The van der Waals surface area contributed by atoms with Gasteiger partial charge in [0.2, 0.25) is 5.91 Å². The van der Waals surface area contributed by atoms with Gasteiger partial charge in [-0.15, -0.1) is 0 Å². The molecule has 0 spiro atoms. The molecule has 0 bridgehead atoms. The SMILES string of the molecule is CCNC(=O)C1Cc2ccccc2N1C(=O)c1ccc(C(C)(C)C)cc1. The zero-order valence-electron chi connectivity index (χ0n) is 15.9. The van der Waals surface area contributed by atoms with E-state index in [0.29, 0.717) is 18.5 Å². The molecular weight excluding hydrogens is 324 g/mol. The van der Waals surface area contributed by atoms with E-state index in [2.05, 4.69) is 26.1 Å². The normalized spacial score (nSPS) is 16.3. The Hall–Kier alpha value is -2.62. The van der Waals surface area contributed by atoms with Gasteiger partial charge in [0.1, 0.15) is 6.04 Å². The summed E-state index contributed by atoms with van der Waals surface area (Å²) in [4.78, 5) is 27.4. The quantitative estimate of drug-likeness (QED) is 0.918. The summed E-state index contributed by atoms with van der Waals surface area (Å²) in [5, 5.41) is 2.85. The summed E-state index contributed by atoms with van der Waals surface area (Å²) in [5.74, 6) is -0.241. The van der Waals surface area contributed by atoms with E-state index in [0.717, 1.165) is 11.3 Å². The summed E-state index contributed by atoms with van der Waals surface area (Å²) in [6.45, 7) is 8.87. The number of hydrogen-bond acceptors (Lipinski definition) is 2. The van der Waals surface area contributed by atoms with Crippen molar-refractivity contribution in [3.63, 3.8) is 0 Å². The van der Waals surface area contributed by atoms with Crippen LogP contribution in [0.1, 0.15) is 49.2 Å². The minimum Gasteiger partial charge on any atom is -0.355 e. The highest BCUT2D eigenvalue weighted by atomic mass is 16.2. The van der Waals surface area contributed by atoms with E-state index in [-0.39, 0.29) is 17.2 Å². The van der Waals surface area contributed by atoms with Gasteiger partial charge in [0, 0.05) is 24.2 Å². The molecule has 1 aliphatic rings. The van der Waals surface area contributed by atoms with Crippen LogP contribution in [0.25, 0.3) is 0 Å². The third-order valence-corrected chi connectivity index (χ3v) is 4.85. The standard InChI is InChI=1S/C22H26N2O2/c1-5-23-20(25)19-14-16-8-6-7-9-18(16)24(19)21(26)15-10-12-17(13-11-15)22(2,3)4/h6-13,19H,5,14H2,1-4H3,(H,23,25). The molecule has 0 radical (unpaired) electrons. The molecule has 1 N–H and O–H groups in total. The molecule has 26 heavy (non-hydrogen) atoms. The van der Waals surface area contributed by atoms with Crippen LogP contribution in [0.5, 0.6) is 0 Å². The second-order valence-corrected chi connectivity index (χ2v) is 7.75. The predicted octanol–water partition coefficient (Wildman–Crippen LogP) is 3.69. The number of nitrogens with one attached hydrogen (secondary N) is 1. The summed E-state index contributed by atoms with van der Waals surface area (Å²) < 4.78 is 0. The van der Waals surface area contributed by atoms with Crippen molar-refractivity contribution in [1.82, 2.24) is 5.32 Å². The van der Waals surface area contributed by atoms with Gasteiger partial charge >= 0.3 is 0 Å². The van der Waals surface area contributed by atoms with Crippen LogP contribution in [0.15, 0.2) is 48.5 Å². The number of likely N-dealkylation sites (N-methyl/N-ethyl adjacent to an activating group) is 1. The molecule has 0 aromatic heterocycles. The zero-order chi connectivity index (χ0) is 18.9. The number of carbonyl (C=O) groups excluding carboxylic acids is 2. The highest BCUT2D eigenvalue weighted by Crippen LogP contribution is 2.33. The minimum absolute atomic E-state index is 0.0331. The van der Waals surface area contributed by atoms with Crippen molar-refractivity contribution in [2.24, 2.45) is 0 Å². The lowest BCUT2D eigenvalue weighted by Crippen LogP contribution is -2.48. The molecule has 0 saturated carbocycles. The molecule has 4 heteroatoms. The van der Waals surface area contributed by atoms with Crippen LogP contribution in [0.3, 0.4) is 0 Å². The van der Waals surface area contributed by atoms with Gasteiger partial charge in [-0.05, 0) is 41.7 Å². The highest BCUT2D eigenvalue weighted by Gasteiger charge is 2.38. The molecule has 0 saturated heterocycles. The second kappa shape index (κ2) is 6.94. The average Bonchev–Trinajstić information content (AvgIpc) is 3.00. The Bertz CT molecular complexity index is 819. The molecule has 0 fully saturated rings. The van der Waals surface area contributed by atoms with Gasteiger partial charge in [0.25, 0.3) is 5.91 Å². The fourth-order valence-electron chi connectivity index (χ4n) is 3.39. The number of nitrogens with zero attached hydrogens (tertiary/aromatic N) is 1. The minimum atomic E-state index is -0.498. The number of rotatable bonds is 3. The molecule has 2 amide bonds. The topological polar surface area (TPSA) is 49.4 Å². The van der Waals surface area contributed by atoms with Crippen LogP contribution >= 0.6 is 0 Å². The first-order valence-corrected chi connectivity index (χ1v) is 9.12. The molecule has 1 unspecified atom stereocenters. The zero-order valence-corrected chi connectivity index (χ0v) is 15.9. The summed E-state index contributed by atoms with van der Waals surface area (Å²) in [6, 6.07) is 15.0. The molecule has 3 rings (SSSR count). The van der Waals surface area contributed by atoms with Crippen molar-refractivity contribution < 1.29 is 9.59 Å². The lowest BCUT2D eigenvalue weighted by atomic mass is 9.86. The van der Waals surface area contributed by atoms with E-state index >= 15 is 0 Å². The molecule has 2 aromatic rings. The van der Waals surface area contributed by atoms with E-state index in [1.54, 1.807) is 4.90 Å². The third-order valence-electron chi connectivity index (χ3n) is 4.85. The summed E-state index contributed by atoms with van der Waals surface area (Å²) in [7, 11) is 0. The Morgan fingerprint density at radius 1 is 1.08 bits per heavy atom. The van der Waals surface area contributed by atoms with Crippen LogP contribution < -0.4 is 10.2 Å². The van der Waals surface area contributed by atoms with Crippen molar-refractivity contribution >= 4 is 17.5 Å². The van der Waals surface area contributed by atoms with Gasteiger partial charge in [-0.25, -0.2) is 0 Å². The molecule has 4 nitrogen and oxygen atoms in total. The Kier molecular flexibility index (Phi) is 4.86. The van der Waals surface area contributed by atoms with Crippen molar-refractivity contribution in [1.29, 1.82) is 0 Å². The van der Waals surface area contributed by atoms with Crippen LogP contribution in [-0.4, -0.2) is 24.4 Å². The van der Waals surface area contributed by atoms with Crippen LogP contribution in [-0.2, 0) is 16.6 Å². The number of carbonyl (C=O) groups is 2. The Morgan fingerprint density at radius 2 is 1.73 bits per heavy atom. The van der Waals surface area contributed by atoms with E-state index < -0.39 is 6.04 Å². The van der Waals surface area contributed by atoms with Crippen LogP contribution in [0, 0.1) is 0 Å². The summed E-state index contributed by atoms with van der Waals surface area (Å²) in [5.41, 5.74) is 3.67. The second-order valence-electron chi connectivity index (χ2n) is 7.75. The molecule has 1 aliphatic heterocycles. The molecule has 1 heterocycles. The first-order valence-electron chi connectivity index (χ1n) is 9.12. The van der Waals surface area contributed by atoms with Crippen LogP contribution in [0.2, 0.25) is 0 Å². The number of benzene rings is 2. The highest BCUT2D eigenvalue weighted by molar-refractivity contribution is 6.11. The van der Waals surface area contributed by atoms with Crippen LogP contribution in [0.4, 0.5) is 5.69 Å². The summed E-state index contributed by atoms with van der Waals surface area (Å²) in [6.07, 6.45) is 0.549. The summed E-state index contributed by atoms with van der Waals surface area (Å²) >= 11 is 0. The van der Waals surface area contributed by atoms with Crippen molar-refractivity contribution in [3.8, 4) is 0 Å². The van der Waals surface area contributed by atoms with Gasteiger partial charge in [-0.1, -0.05) is 51.1 Å². The maximum atomic E-state index is 13.2. The molecule has 2 aromatic carbocycles. The lowest BCUT2D eigenvalue weighted by molar-refractivity contribution is -0.122. The van der Waals surface area contributed by atoms with Gasteiger partial charge < -0.3 is 5.32 Å². The molecule has 0 aliphatic carbocycles. The van der Waals surface area contributed by atoms with Crippen molar-refractivity contribution in [2.45, 2.75) is 45.6 Å². The molecule has 1 atom stereocenters. The Morgan fingerprint density at radius 3 is 2.35 bits per heavy atom. The predicted molar refractivity (Wildman–Crippen MR) is 105 cm³/mol. The maximum Gasteiger partial charge on any atom is 0.259 e. The number of fused-ring (bicyclic) bond motifs is 1. The van der Waals surface area contributed by atoms with Gasteiger partial charge in [-0.3, -0.25) is 14.5 Å². The van der Waals surface area contributed by atoms with E-state index in [1.165, 1.54) is 5.56 Å². The van der Waals surface area contributed by atoms with Gasteiger partial charge in [0.05, 0.1) is 0 Å². The van der Waals surface area contributed by atoms with E-state index in [9.17, 15) is 9.59 Å². The Labute approximate surface area is 155 Å². The van der Waals surface area contributed by atoms with E-state index in [1.807, 2.05) is 55.5 Å². The largest absolute Gasteiger partial charge is 0.355 e. The maximum absolute atomic E-state index is 13.2. The number of para-hydroxylation sites is 1. The Balaban J connectivity index is 1.95. The van der Waals surface area contributed by atoms with Gasteiger partial charge in [-0.2, -0.15) is 0 Å². The molecular formula is C22H26N2O2. The first-order chi connectivity index (χ1) is 12.3. The lowest BCUT2D eigenvalue weighted by Gasteiger charge is -2.25. The fraction of sp³-hybridized carbons (Fsp3) is 0.364. The first kappa shape index (κ1) is 18.2. The van der Waals surface area contributed by atoms with Gasteiger partial charge in [0.15, 0.2) is 0 Å². The number of amides is 2. The van der Waals surface area contributed by atoms with Crippen molar-refractivity contribution in [2.75, 3.05) is 11.4 Å². The average molecular weight is 350 g/mol. The number of anilines is 1. The third kappa shape index (κ3) is 3.36. The monoisotopic (exact) mass is 350 g/mol. The van der Waals surface area contributed by atoms with Crippen molar-refractivity contribution in [3.05, 3.63) is 65.2 Å². The van der Waals surface area contributed by atoms with E-state index in [4.69, 9.17) is 0 Å².